The maximum atomic E-state index is 12.6. The first-order chi connectivity index (χ1) is 13.6. The zero-order valence-electron chi connectivity index (χ0n) is 16.7. The average Bonchev–Trinajstić information content (AvgIpc) is 3.05. The number of likely N-dealkylation sites (tertiary alicyclic amines) is 1. The second-order valence-corrected chi connectivity index (χ2v) is 7.67. The molecule has 3 aromatic rings. The number of imidazole rings is 1. The number of benzene rings is 2. The molecule has 0 saturated carbocycles. The summed E-state index contributed by atoms with van der Waals surface area (Å²) in [5.41, 5.74) is 4.31. The van der Waals surface area contributed by atoms with E-state index in [1.54, 1.807) is 0 Å². The second kappa shape index (κ2) is 8.15. The maximum Gasteiger partial charge on any atom is 0.227 e. The van der Waals surface area contributed by atoms with E-state index in [1.165, 1.54) is 5.52 Å². The Hall–Kier alpha value is -2.66. The molecule has 2 heterocycles. The lowest BCUT2D eigenvalue weighted by molar-refractivity contribution is -0.121. The van der Waals surface area contributed by atoms with E-state index in [2.05, 4.69) is 39.9 Å². The molecule has 1 aliphatic rings. The molecule has 1 fully saturated rings. The molecule has 0 spiro atoms. The van der Waals surface area contributed by atoms with Crippen LogP contribution < -0.4 is 5.32 Å². The number of anilines is 1. The highest BCUT2D eigenvalue weighted by molar-refractivity contribution is 5.92. The number of aryl methyl sites for hydroxylation is 2. The van der Waals surface area contributed by atoms with Crippen molar-refractivity contribution < 1.29 is 4.79 Å². The van der Waals surface area contributed by atoms with E-state index in [1.807, 2.05) is 37.3 Å². The Kier molecular flexibility index (Phi) is 5.44. The highest BCUT2D eigenvalue weighted by Crippen LogP contribution is 2.23. The van der Waals surface area contributed by atoms with Gasteiger partial charge in [0.05, 0.1) is 17.6 Å². The first-order valence-electron chi connectivity index (χ1n) is 10.2. The summed E-state index contributed by atoms with van der Waals surface area (Å²) in [5.74, 6) is 1.35. The van der Waals surface area contributed by atoms with Crippen LogP contribution >= 0.6 is 0 Å². The highest BCUT2D eigenvalue weighted by Gasteiger charge is 2.26. The van der Waals surface area contributed by atoms with Gasteiger partial charge in [0.1, 0.15) is 5.82 Å². The third kappa shape index (κ3) is 3.94. The van der Waals surface area contributed by atoms with Crippen LogP contribution in [0.25, 0.3) is 11.0 Å². The van der Waals surface area contributed by atoms with Crippen molar-refractivity contribution in [3.8, 4) is 0 Å². The van der Waals surface area contributed by atoms with Gasteiger partial charge in [-0.15, -0.1) is 0 Å². The van der Waals surface area contributed by atoms with Crippen molar-refractivity contribution in [1.82, 2.24) is 14.5 Å². The number of fused-ring (bicyclic) bond motifs is 1. The van der Waals surface area contributed by atoms with Crippen molar-refractivity contribution >= 4 is 22.6 Å². The van der Waals surface area contributed by atoms with Crippen molar-refractivity contribution in [2.45, 2.75) is 39.8 Å². The average molecular weight is 377 g/mol. The number of piperidine rings is 1. The summed E-state index contributed by atoms with van der Waals surface area (Å²) in [7, 11) is 0. The summed E-state index contributed by atoms with van der Waals surface area (Å²) < 4.78 is 2.30. The van der Waals surface area contributed by atoms with Crippen LogP contribution in [0.1, 0.15) is 31.2 Å². The van der Waals surface area contributed by atoms with Gasteiger partial charge in [-0.1, -0.05) is 24.3 Å². The molecule has 28 heavy (non-hydrogen) atoms. The third-order valence-corrected chi connectivity index (χ3v) is 5.66. The van der Waals surface area contributed by atoms with Gasteiger partial charge in [-0.2, -0.15) is 0 Å². The minimum atomic E-state index is 0.0850. The molecule has 1 aliphatic heterocycles. The molecule has 4 rings (SSSR count). The van der Waals surface area contributed by atoms with Crippen LogP contribution in [0.4, 0.5) is 5.69 Å². The van der Waals surface area contributed by atoms with Gasteiger partial charge in [0, 0.05) is 18.2 Å². The lowest BCUT2D eigenvalue weighted by Gasteiger charge is -2.31. The first kappa shape index (κ1) is 18.7. The summed E-state index contributed by atoms with van der Waals surface area (Å²) >= 11 is 0. The second-order valence-electron chi connectivity index (χ2n) is 7.67. The molecular formula is C23H28N4O. The Balaban J connectivity index is 1.36. The Morgan fingerprint density at radius 2 is 1.93 bits per heavy atom. The van der Waals surface area contributed by atoms with E-state index < -0.39 is 0 Å². The summed E-state index contributed by atoms with van der Waals surface area (Å²) in [6.45, 7) is 7.83. The van der Waals surface area contributed by atoms with Gasteiger partial charge in [0.15, 0.2) is 0 Å². The Morgan fingerprint density at radius 3 is 2.68 bits per heavy atom. The zero-order valence-corrected chi connectivity index (χ0v) is 16.7. The van der Waals surface area contributed by atoms with Crippen molar-refractivity contribution in [3.05, 3.63) is 59.9 Å². The Morgan fingerprint density at radius 1 is 1.14 bits per heavy atom. The highest BCUT2D eigenvalue weighted by atomic mass is 16.1. The monoisotopic (exact) mass is 376 g/mol. The normalized spacial score (nSPS) is 15.8. The molecule has 0 radical (unpaired) electrons. The molecule has 1 N–H and O–H groups in total. The van der Waals surface area contributed by atoms with Gasteiger partial charge < -0.3 is 9.88 Å². The minimum absolute atomic E-state index is 0.0850. The fourth-order valence-corrected chi connectivity index (χ4v) is 4.12. The number of carbonyl (C=O) groups is 1. The van der Waals surface area contributed by atoms with Gasteiger partial charge in [0.2, 0.25) is 5.91 Å². The molecule has 2 aromatic carbocycles. The number of nitrogens with one attached hydrogen (secondary N) is 1. The number of hydrogen-bond acceptors (Lipinski definition) is 3. The van der Waals surface area contributed by atoms with E-state index in [0.717, 1.165) is 61.6 Å². The fourth-order valence-electron chi connectivity index (χ4n) is 4.12. The smallest absolute Gasteiger partial charge is 0.227 e. The van der Waals surface area contributed by atoms with Crippen molar-refractivity contribution in [2.75, 3.05) is 18.4 Å². The van der Waals surface area contributed by atoms with Crippen LogP contribution in [-0.2, 0) is 17.9 Å². The van der Waals surface area contributed by atoms with Crippen molar-refractivity contribution in [2.24, 2.45) is 5.92 Å². The van der Waals surface area contributed by atoms with Crippen LogP contribution in [0.2, 0.25) is 0 Å². The number of rotatable bonds is 5. The maximum absolute atomic E-state index is 12.6. The van der Waals surface area contributed by atoms with Crippen LogP contribution in [-0.4, -0.2) is 33.4 Å². The predicted molar refractivity (Wildman–Crippen MR) is 113 cm³/mol. The molecule has 5 heteroatoms. The molecule has 146 valence electrons. The first-order valence-corrected chi connectivity index (χ1v) is 10.2. The van der Waals surface area contributed by atoms with E-state index in [9.17, 15) is 4.79 Å². The lowest BCUT2D eigenvalue weighted by Crippen LogP contribution is -2.38. The molecule has 1 saturated heterocycles. The van der Waals surface area contributed by atoms with Gasteiger partial charge >= 0.3 is 0 Å². The summed E-state index contributed by atoms with van der Waals surface area (Å²) in [5, 5.41) is 3.08. The van der Waals surface area contributed by atoms with Crippen molar-refractivity contribution in [1.29, 1.82) is 0 Å². The fraction of sp³-hybridized carbons (Fsp3) is 0.391. The lowest BCUT2D eigenvalue weighted by atomic mass is 9.95. The molecule has 0 unspecified atom stereocenters. The van der Waals surface area contributed by atoms with Crippen LogP contribution in [0.3, 0.4) is 0 Å². The SMILES string of the molecule is CCn1c(CN2CCC(C(=O)Nc3cccc(C)c3)CC2)nc2ccccc21. The van der Waals surface area contributed by atoms with Gasteiger partial charge in [0.25, 0.3) is 0 Å². The summed E-state index contributed by atoms with van der Waals surface area (Å²) in [6, 6.07) is 16.3. The molecule has 1 aromatic heterocycles. The predicted octanol–water partition coefficient (Wildman–Crippen LogP) is 4.22. The molecule has 5 nitrogen and oxygen atoms in total. The van der Waals surface area contributed by atoms with Crippen molar-refractivity contribution in [3.63, 3.8) is 0 Å². The molecular weight excluding hydrogens is 348 g/mol. The van der Waals surface area contributed by atoms with Crippen LogP contribution in [0, 0.1) is 12.8 Å². The quantitative estimate of drug-likeness (QED) is 0.725. The van der Waals surface area contributed by atoms with E-state index in [0.29, 0.717) is 0 Å². The topological polar surface area (TPSA) is 50.2 Å². The van der Waals surface area contributed by atoms with Gasteiger partial charge in [-0.25, -0.2) is 4.98 Å². The number of amides is 1. The summed E-state index contributed by atoms with van der Waals surface area (Å²) in [4.78, 5) is 19.9. The van der Waals surface area contributed by atoms with Crippen LogP contribution in [0.15, 0.2) is 48.5 Å². The van der Waals surface area contributed by atoms with E-state index in [-0.39, 0.29) is 11.8 Å². The number of hydrogen-bond donors (Lipinski definition) is 1. The van der Waals surface area contributed by atoms with Gasteiger partial charge in [-0.05, 0) is 69.6 Å². The number of aromatic nitrogens is 2. The van der Waals surface area contributed by atoms with Crippen LogP contribution in [0.5, 0.6) is 0 Å². The number of nitrogens with zero attached hydrogens (tertiary/aromatic N) is 3. The largest absolute Gasteiger partial charge is 0.327 e. The molecule has 0 bridgehead atoms. The third-order valence-electron chi connectivity index (χ3n) is 5.66. The van der Waals surface area contributed by atoms with E-state index in [4.69, 9.17) is 4.98 Å². The molecule has 1 amide bonds. The molecule has 0 atom stereocenters. The number of carbonyl (C=O) groups excluding carboxylic acids is 1. The van der Waals surface area contributed by atoms with Gasteiger partial charge in [-0.3, -0.25) is 9.69 Å². The minimum Gasteiger partial charge on any atom is -0.327 e. The molecule has 0 aliphatic carbocycles. The number of para-hydroxylation sites is 2. The van der Waals surface area contributed by atoms with E-state index >= 15 is 0 Å². The summed E-state index contributed by atoms with van der Waals surface area (Å²) in [6.07, 6.45) is 1.79. The Bertz CT molecular complexity index is 970. The zero-order chi connectivity index (χ0) is 19.5. The Labute approximate surface area is 166 Å². The standard InChI is InChI=1S/C23H28N4O/c1-3-27-21-10-5-4-9-20(21)25-22(27)16-26-13-11-18(12-14-26)23(28)24-19-8-6-7-17(2)15-19/h4-10,15,18H,3,11-14,16H2,1-2H3,(H,24,28).